The third-order valence-corrected chi connectivity index (χ3v) is 3.06. The molecule has 1 atom stereocenters. The van der Waals surface area contributed by atoms with Crippen LogP contribution in [0.25, 0.3) is 0 Å². The highest BCUT2D eigenvalue weighted by atomic mass is 16.2. The van der Waals surface area contributed by atoms with Crippen molar-refractivity contribution in [3.8, 4) is 0 Å². The van der Waals surface area contributed by atoms with E-state index in [1.807, 2.05) is 6.92 Å². The second-order valence-electron chi connectivity index (χ2n) is 5.04. The standard InChI is InChI=1S/C12H18N4O/c1-4-13-10-7-14-8(6-15-10)11(17)16-9-5-12(9,2)3/h6-7,9H,4-5H2,1-3H3,(H,13,15)(H,16,17). The van der Waals surface area contributed by atoms with Crippen LogP contribution in [-0.2, 0) is 0 Å². The summed E-state index contributed by atoms with van der Waals surface area (Å²) < 4.78 is 0. The lowest BCUT2D eigenvalue weighted by Gasteiger charge is -2.06. The smallest absolute Gasteiger partial charge is 0.271 e. The van der Waals surface area contributed by atoms with Crippen molar-refractivity contribution in [3.63, 3.8) is 0 Å². The molecule has 1 aliphatic rings. The molecular weight excluding hydrogens is 216 g/mol. The number of rotatable bonds is 4. The number of hydrogen-bond donors (Lipinski definition) is 2. The molecule has 1 aromatic heterocycles. The Labute approximate surface area is 101 Å². The topological polar surface area (TPSA) is 66.9 Å². The first-order valence-corrected chi connectivity index (χ1v) is 5.89. The summed E-state index contributed by atoms with van der Waals surface area (Å²) in [6.45, 7) is 7.05. The summed E-state index contributed by atoms with van der Waals surface area (Å²) in [4.78, 5) is 20.0. The van der Waals surface area contributed by atoms with Gasteiger partial charge in [0.1, 0.15) is 11.5 Å². The van der Waals surface area contributed by atoms with E-state index in [2.05, 4.69) is 34.4 Å². The Hall–Kier alpha value is -1.65. The van der Waals surface area contributed by atoms with Gasteiger partial charge < -0.3 is 10.6 Å². The Balaban J connectivity index is 1.95. The van der Waals surface area contributed by atoms with E-state index in [4.69, 9.17) is 0 Å². The minimum Gasteiger partial charge on any atom is -0.369 e. The van der Waals surface area contributed by atoms with Gasteiger partial charge in [0.25, 0.3) is 5.91 Å². The molecular formula is C12H18N4O. The fourth-order valence-corrected chi connectivity index (χ4v) is 1.66. The molecule has 0 aliphatic heterocycles. The van der Waals surface area contributed by atoms with Gasteiger partial charge >= 0.3 is 0 Å². The maximum Gasteiger partial charge on any atom is 0.271 e. The molecule has 1 saturated carbocycles. The van der Waals surface area contributed by atoms with Crippen LogP contribution in [0.5, 0.6) is 0 Å². The molecule has 0 saturated heterocycles. The minimum absolute atomic E-state index is 0.142. The molecule has 2 N–H and O–H groups in total. The van der Waals surface area contributed by atoms with E-state index in [0.717, 1.165) is 13.0 Å². The third-order valence-electron chi connectivity index (χ3n) is 3.06. The van der Waals surface area contributed by atoms with Gasteiger partial charge in [0.15, 0.2) is 0 Å². The van der Waals surface area contributed by atoms with Gasteiger partial charge in [-0.3, -0.25) is 4.79 Å². The Kier molecular flexibility index (Phi) is 3.00. The van der Waals surface area contributed by atoms with Crippen molar-refractivity contribution in [1.29, 1.82) is 0 Å². The van der Waals surface area contributed by atoms with Crippen LogP contribution in [0.2, 0.25) is 0 Å². The molecule has 0 spiro atoms. The Morgan fingerprint density at radius 2 is 2.18 bits per heavy atom. The average Bonchev–Trinajstić information content (AvgIpc) is 2.87. The van der Waals surface area contributed by atoms with Crippen LogP contribution in [0, 0.1) is 5.41 Å². The molecule has 1 amide bonds. The lowest BCUT2D eigenvalue weighted by atomic mass is 10.2. The number of carbonyl (C=O) groups excluding carboxylic acids is 1. The molecule has 0 radical (unpaired) electrons. The van der Waals surface area contributed by atoms with Gasteiger partial charge in [-0.2, -0.15) is 0 Å². The monoisotopic (exact) mass is 234 g/mol. The third kappa shape index (κ3) is 2.72. The molecule has 5 nitrogen and oxygen atoms in total. The van der Waals surface area contributed by atoms with Crippen molar-refractivity contribution in [2.75, 3.05) is 11.9 Å². The predicted molar refractivity (Wildman–Crippen MR) is 65.8 cm³/mol. The maximum absolute atomic E-state index is 11.8. The van der Waals surface area contributed by atoms with Gasteiger partial charge in [-0.1, -0.05) is 13.8 Å². The Morgan fingerprint density at radius 3 is 2.65 bits per heavy atom. The number of aromatic nitrogens is 2. The van der Waals surface area contributed by atoms with Gasteiger partial charge in [-0.25, -0.2) is 9.97 Å². The highest BCUT2D eigenvalue weighted by molar-refractivity contribution is 5.92. The van der Waals surface area contributed by atoms with Crippen LogP contribution < -0.4 is 10.6 Å². The quantitative estimate of drug-likeness (QED) is 0.827. The number of anilines is 1. The fourth-order valence-electron chi connectivity index (χ4n) is 1.66. The number of nitrogens with zero attached hydrogens (tertiary/aromatic N) is 2. The summed E-state index contributed by atoms with van der Waals surface area (Å²) >= 11 is 0. The largest absolute Gasteiger partial charge is 0.369 e. The van der Waals surface area contributed by atoms with E-state index < -0.39 is 0 Å². The van der Waals surface area contributed by atoms with Crippen molar-refractivity contribution in [2.45, 2.75) is 33.2 Å². The van der Waals surface area contributed by atoms with Crippen molar-refractivity contribution in [2.24, 2.45) is 5.41 Å². The SMILES string of the molecule is CCNc1cnc(C(=O)NC2CC2(C)C)cn1. The Bertz CT molecular complexity index is 413. The molecule has 2 rings (SSSR count). The molecule has 0 aromatic carbocycles. The molecule has 0 bridgehead atoms. The van der Waals surface area contributed by atoms with Crippen LogP contribution >= 0.6 is 0 Å². The minimum atomic E-state index is -0.142. The normalized spacial score (nSPS) is 20.8. The second-order valence-corrected chi connectivity index (χ2v) is 5.04. The summed E-state index contributed by atoms with van der Waals surface area (Å²) in [6.07, 6.45) is 4.11. The molecule has 1 aliphatic carbocycles. The van der Waals surface area contributed by atoms with Crippen molar-refractivity contribution in [3.05, 3.63) is 18.1 Å². The van der Waals surface area contributed by atoms with E-state index >= 15 is 0 Å². The maximum atomic E-state index is 11.8. The molecule has 5 heteroatoms. The number of hydrogen-bond acceptors (Lipinski definition) is 4. The molecule has 1 fully saturated rings. The summed E-state index contributed by atoms with van der Waals surface area (Å²) in [7, 11) is 0. The molecule has 1 unspecified atom stereocenters. The van der Waals surface area contributed by atoms with Crippen LogP contribution in [0.1, 0.15) is 37.7 Å². The number of amides is 1. The number of nitrogens with one attached hydrogen (secondary N) is 2. The van der Waals surface area contributed by atoms with Crippen molar-refractivity contribution >= 4 is 11.7 Å². The molecule has 1 aromatic rings. The molecule has 92 valence electrons. The first kappa shape index (κ1) is 11.8. The van der Waals surface area contributed by atoms with Gasteiger partial charge in [0.2, 0.25) is 0 Å². The summed E-state index contributed by atoms with van der Waals surface area (Å²) in [5.74, 6) is 0.548. The van der Waals surface area contributed by atoms with Crippen molar-refractivity contribution in [1.82, 2.24) is 15.3 Å². The van der Waals surface area contributed by atoms with Gasteiger partial charge in [-0.05, 0) is 18.8 Å². The second kappa shape index (κ2) is 4.31. The zero-order valence-corrected chi connectivity index (χ0v) is 10.4. The lowest BCUT2D eigenvalue weighted by molar-refractivity contribution is 0.0941. The van der Waals surface area contributed by atoms with Crippen molar-refractivity contribution < 1.29 is 4.79 Å². The van der Waals surface area contributed by atoms with E-state index in [-0.39, 0.29) is 17.4 Å². The molecule has 17 heavy (non-hydrogen) atoms. The highest BCUT2D eigenvalue weighted by Gasteiger charge is 2.46. The number of carbonyl (C=O) groups is 1. The highest BCUT2D eigenvalue weighted by Crippen LogP contribution is 2.44. The average molecular weight is 234 g/mol. The first-order valence-electron chi connectivity index (χ1n) is 5.89. The Morgan fingerprint density at radius 1 is 1.47 bits per heavy atom. The van der Waals surface area contributed by atoms with E-state index in [1.54, 1.807) is 6.20 Å². The summed E-state index contributed by atoms with van der Waals surface area (Å²) in [5, 5.41) is 5.98. The van der Waals surface area contributed by atoms with Gasteiger partial charge in [0.05, 0.1) is 12.4 Å². The van der Waals surface area contributed by atoms with Crippen LogP contribution in [0.3, 0.4) is 0 Å². The van der Waals surface area contributed by atoms with Gasteiger partial charge in [0, 0.05) is 12.6 Å². The predicted octanol–water partition coefficient (Wildman–Crippen LogP) is 1.44. The van der Waals surface area contributed by atoms with E-state index in [9.17, 15) is 4.79 Å². The zero-order chi connectivity index (χ0) is 12.5. The lowest BCUT2D eigenvalue weighted by Crippen LogP contribution is -2.29. The summed E-state index contributed by atoms with van der Waals surface area (Å²) in [6, 6.07) is 0.269. The van der Waals surface area contributed by atoms with Crippen LogP contribution in [0.4, 0.5) is 5.82 Å². The van der Waals surface area contributed by atoms with Crippen LogP contribution in [-0.4, -0.2) is 28.5 Å². The summed E-state index contributed by atoms with van der Waals surface area (Å²) in [5.41, 5.74) is 0.599. The molecule has 1 heterocycles. The van der Waals surface area contributed by atoms with E-state index in [0.29, 0.717) is 11.5 Å². The zero-order valence-electron chi connectivity index (χ0n) is 10.4. The van der Waals surface area contributed by atoms with Gasteiger partial charge in [-0.15, -0.1) is 0 Å². The van der Waals surface area contributed by atoms with E-state index in [1.165, 1.54) is 6.20 Å². The van der Waals surface area contributed by atoms with Crippen LogP contribution in [0.15, 0.2) is 12.4 Å². The fraction of sp³-hybridized carbons (Fsp3) is 0.583. The first-order chi connectivity index (χ1) is 8.03.